The number of para-hydroxylation sites is 1. The van der Waals surface area contributed by atoms with E-state index in [1.807, 2.05) is 29.6 Å². The molecule has 4 rings (SSSR count). The van der Waals surface area contributed by atoms with Crippen molar-refractivity contribution < 1.29 is 13.9 Å². The first-order chi connectivity index (χ1) is 12.2. The quantitative estimate of drug-likeness (QED) is 0.596. The molecule has 0 spiro atoms. The summed E-state index contributed by atoms with van der Waals surface area (Å²) < 4.78 is 12.5. The van der Waals surface area contributed by atoms with Crippen LogP contribution in [0, 0.1) is 0 Å². The lowest BCUT2D eigenvalue weighted by molar-refractivity contribution is 0.0924. The number of aromatic nitrogens is 3. The van der Waals surface area contributed by atoms with Gasteiger partial charge in [-0.05, 0) is 29.6 Å². The smallest absolute Gasteiger partial charge is 0.287 e. The van der Waals surface area contributed by atoms with Crippen molar-refractivity contribution in [1.82, 2.24) is 20.3 Å². The molecule has 0 saturated heterocycles. The van der Waals surface area contributed by atoms with Gasteiger partial charge in [-0.15, -0.1) is 16.4 Å². The van der Waals surface area contributed by atoms with E-state index in [1.165, 1.54) is 0 Å². The predicted molar refractivity (Wildman–Crippen MR) is 93.2 cm³/mol. The maximum atomic E-state index is 12.3. The number of hydrogen-bond donors (Lipinski definition) is 1. The topological polar surface area (TPSA) is 82.2 Å². The molecule has 0 bridgehead atoms. The van der Waals surface area contributed by atoms with Gasteiger partial charge in [0.15, 0.2) is 17.1 Å². The average molecular weight is 354 g/mol. The Balaban J connectivity index is 1.47. The average Bonchev–Trinajstić information content (AvgIpc) is 3.38. The second kappa shape index (κ2) is 6.40. The fourth-order valence-corrected chi connectivity index (χ4v) is 3.11. The van der Waals surface area contributed by atoms with E-state index < -0.39 is 0 Å². The zero-order valence-electron chi connectivity index (χ0n) is 13.3. The lowest BCUT2D eigenvalue weighted by Gasteiger charge is -2.00. The van der Waals surface area contributed by atoms with Gasteiger partial charge in [-0.1, -0.05) is 17.3 Å². The van der Waals surface area contributed by atoms with Crippen molar-refractivity contribution in [3.63, 3.8) is 0 Å². The number of rotatable bonds is 5. The maximum Gasteiger partial charge on any atom is 0.287 e. The highest BCUT2D eigenvalue weighted by Gasteiger charge is 2.15. The Morgan fingerprint density at radius 3 is 3.08 bits per heavy atom. The molecular weight excluding hydrogens is 340 g/mol. The van der Waals surface area contributed by atoms with Gasteiger partial charge in [-0.25, -0.2) is 4.68 Å². The minimum atomic E-state index is -0.316. The second-order valence-corrected chi connectivity index (χ2v) is 6.20. The lowest BCUT2D eigenvalue weighted by atomic mass is 10.2. The van der Waals surface area contributed by atoms with Crippen molar-refractivity contribution in [1.29, 1.82) is 0 Å². The van der Waals surface area contributed by atoms with Crippen molar-refractivity contribution in [3.8, 4) is 10.8 Å². The molecule has 7 nitrogen and oxygen atoms in total. The Bertz CT molecular complexity index is 1020. The van der Waals surface area contributed by atoms with Crippen LogP contribution in [-0.2, 0) is 6.54 Å². The Labute approximate surface area is 146 Å². The van der Waals surface area contributed by atoms with Crippen LogP contribution in [0.15, 0.2) is 52.4 Å². The number of fused-ring (bicyclic) bond motifs is 1. The third kappa shape index (κ3) is 2.99. The number of benzene rings is 1. The van der Waals surface area contributed by atoms with Crippen molar-refractivity contribution in [2.75, 3.05) is 7.11 Å². The molecule has 0 fully saturated rings. The molecule has 126 valence electrons. The summed E-state index contributed by atoms with van der Waals surface area (Å²) in [4.78, 5) is 12.3. The molecular formula is C17H14N4O3S. The van der Waals surface area contributed by atoms with E-state index in [1.54, 1.807) is 41.5 Å². The van der Waals surface area contributed by atoms with Crippen LogP contribution in [0.4, 0.5) is 0 Å². The zero-order chi connectivity index (χ0) is 17.2. The number of nitrogens with one attached hydrogen (secondary N) is 1. The number of hydrogen-bond acceptors (Lipinski definition) is 6. The summed E-state index contributed by atoms with van der Waals surface area (Å²) in [5.74, 6) is 0.504. The van der Waals surface area contributed by atoms with E-state index in [4.69, 9.17) is 9.15 Å². The molecule has 0 atom stereocenters. The third-order valence-electron chi connectivity index (χ3n) is 3.65. The molecule has 25 heavy (non-hydrogen) atoms. The molecule has 0 aliphatic heterocycles. The van der Waals surface area contributed by atoms with Crippen LogP contribution in [0.5, 0.6) is 5.75 Å². The summed E-state index contributed by atoms with van der Waals surface area (Å²) in [6, 6.07) is 11.1. The van der Waals surface area contributed by atoms with Crippen LogP contribution < -0.4 is 10.1 Å². The number of methoxy groups -OCH3 is 1. The molecule has 1 N–H and O–H groups in total. The van der Waals surface area contributed by atoms with Crippen molar-refractivity contribution in [2.45, 2.75) is 6.54 Å². The van der Waals surface area contributed by atoms with E-state index in [2.05, 4.69) is 15.6 Å². The van der Waals surface area contributed by atoms with Gasteiger partial charge in [0, 0.05) is 5.39 Å². The van der Waals surface area contributed by atoms with E-state index in [9.17, 15) is 4.79 Å². The van der Waals surface area contributed by atoms with Gasteiger partial charge in [-0.3, -0.25) is 4.79 Å². The Morgan fingerprint density at radius 1 is 1.36 bits per heavy atom. The molecule has 3 aromatic heterocycles. The molecule has 0 aliphatic rings. The zero-order valence-corrected chi connectivity index (χ0v) is 14.1. The van der Waals surface area contributed by atoms with Gasteiger partial charge < -0.3 is 14.5 Å². The molecule has 3 heterocycles. The Morgan fingerprint density at radius 2 is 2.28 bits per heavy atom. The molecule has 4 aromatic rings. The predicted octanol–water partition coefficient (Wildman–Crippen LogP) is 3.01. The number of carbonyl (C=O) groups is 1. The molecule has 0 saturated carbocycles. The SMILES string of the molecule is COc1cccc2cc(C(=O)NCc3cn(-c4cccs4)nn3)oc12. The highest BCUT2D eigenvalue weighted by molar-refractivity contribution is 7.12. The van der Waals surface area contributed by atoms with Gasteiger partial charge in [0.25, 0.3) is 5.91 Å². The van der Waals surface area contributed by atoms with Crippen LogP contribution in [0.3, 0.4) is 0 Å². The standard InChI is InChI=1S/C17H14N4O3S/c1-23-13-5-2-4-11-8-14(24-16(11)13)17(22)18-9-12-10-21(20-19-12)15-6-3-7-25-15/h2-8,10H,9H2,1H3,(H,18,22). The lowest BCUT2D eigenvalue weighted by Crippen LogP contribution is -2.22. The number of thiophene rings is 1. The van der Waals surface area contributed by atoms with Crippen molar-refractivity contribution in [3.05, 3.63) is 59.4 Å². The molecule has 1 aromatic carbocycles. The van der Waals surface area contributed by atoms with Crippen LogP contribution in [-0.4, -0.2) is 28.0 Å². The van der Waals surface area contributed by atoms with Gasteiger partial charge in [-0.2, -0.15) is 0 Å². The fraction of sp³-hybridized carbons (Fsp3) is 0.118. The first kappa shape index (κ1) is 15.4. The largest absolute Gasteiger partial charge is 0.493 e. The highest BCUT2D eigenvalue weighted by atomic mass is 32.1. The van der Waals surface area contributed by atoms with Gasteiger partial charge in [0.1, 0.15) is 10.7 Å². The second-order valence-electron chi connectivity index (χ2n) is 5.28. The normalized spacial score (nSPS) is 10.9. The first-order valence-corrected chi connectivity index (χ1v) is 8.42. The van der Waals surface area contributed by atoms with Crippen LogP contribution in [0.2, 0.25) is 0 Å². The van der Waals surface area contributed by atoms with E-state index in [0.29, 0.717) is 17.0 Å². The molecule has 0 radical (unpaired) electrons. The minimum Gasteiger partial charge on any atom is -0.493 e. The van der Waals surface area contributed by atoms with E-state index >= 15 is 0 Å². The number of amides is 1. The molecule has 0 unspecified atom stereocenters. The van der Waals surface area contributed by atoms with Crippen LogP contribution in [0.25, 0.3) is 16.0 Å². The summed E-state index contributed by atoms with van der Waals surface area (Å²) in [5, 5.41) is 14.6. The first-order valence-electron chi connectivity index (χ1n) is 7.54. The maximum absolute atomic E-state index is 12.3. The van der Waals surface area contributed by atoms with Crippen LogP contribution >= 0.6 is 11.3 Å². The Kier molecular flexibility index (Phi) is 3.95. The van der Waals surface area contributed by atoms with E-state index in [0.717, 1.165) is 10.4 Å². The monoisotopic (exact) mass is 354 g/mol. The summed E-state index contributed by atoms with van der Waals surface area (Å²) in [6.45, 7) is 0.262. The summed E-state index contributed by atoms with van der Waals surface area (Å²) in [7, 11) is 1.56. The number of nitrogens with zero attached hydrogens (tertiary/aromatic N) is 3. The van der Waals surface area contributed by atoms with Gasteiger partial charge in [0.2, 0.25) is 0 Å². The van der Waals surface area contributed by atoms with Crippen LogP contribution in [0.1, 0.15) is 16.2 Å². The summed E-state index contributed by atoms with van der Waals surface area (Å²) in [6.07, 6.45) is 1.79. The van der Waals surface area contributed by atoms with Gasteiger partial charge in [0.05, 0.1) is 19.9 Å². The van der Waals surface area contributed by atoms with Crippen molar-refractivity contribution >= 4 is 28.2 Å². The fourth-order valence-electron chi connectivity index (χ4n) is 2.45. The minimum absolute atomic E-state index is 0.227. The Hall–Kier alpha value is -3.13. The number of carbonyl (C=O) groups excluding carboxylic acids is 1. The summed E-state index contributed by atoms with van der Waals surface area (Å²) in [5.41, 5.74) is 1.22. The molecule has 0 aliphatic carbocycles. The number of furan rings is 1. The highest BCUT2D eigenvalue weighted by Crippen LogP contribution is 2.28. The molecule has 1 amide bonds. The molecule has 8 heteroatoms. The van der Waals surface area contributed by atoms with E-state index in [-0.39, 0.29) is 18.2 Å². The van der Waals surface area contributed by atoms with Crippen molar-refractivity contribution in [2.24, 2.45) is 0 Å². The third-order valence-corrected chi connectivity index (χ3v) is 4.51. The summed E-state index contributed by atoms with van der Waals surface area (Å²) >= 11 is 1.56. The number of ether oxygens (including phenoxy) is 1. The van der Waals surface area contributed by atoms with Gasteiger partial charge >= 0.3 is 0 Å².